The molecule has 6 unspecified atom stereocenters. The van der Waals surface area contributed by atoms with Crippen LogP contribution in [0, 0.1) is 0 Å². The number of hydrogen-bond acceptors (Lipinski definition) is 9. The lowest BCUT2D eigenvalue weighted by Crippen LogP contribution is -2.59. The van der Waals surface area contributed by atoms with Crippen molar-refractivity contribution < 1.29 is 44.5 Å². The second kappa shape index (κ2) is 22.7. The Bertz CT molecular complexity index is 599. The molecule has 1 fully saturated rings. The van der Waals surface area contributed by atoms with Gasteiger partial charge in [0, 0.05) is 6.42 Å². The van der Waals surface area contributed by atoms with Crippen LogP contribution in [0.25, 0.3) is 0 Å². The molecule has 224 valence electrons. The number of carbonyl (C=O) groups is 1. The van der Waals surface area contributed by atoms with E-state index in [1.54, 1.807) is 0 Å². The van der Waals surface area contributed by atoms with Crippen LogP contribution >= 0.6 is 0 Å². The van der Waals surface area contributed by atoms with Crippen LogP contribution in [0.5, 0.6) is 0 Å². The summed E-state index contributed by atoms with van der Waals surface area (Å²) in [7, 11) is 0. The summed E-state index contributed by atoms with van der Waals surface area (Å²) in [5.74, 6) is -0.439. The number of allylic oxidation sites excluding steroid dienone is 2. The fourth-order valence-corrected chi connectivity index (χ4v) is 4.47. The Balaban J connectivity index is 2.02. The zero-order chi connectivity index (χ0) is 28.0. The van der Waals surface area contributed by atoms with E-state index in [9.17, 15) is 30.3 Å². The second-order valence-corrected chi connectivity index (χ2v) is 10.4. The van der Waals surface area contributed by atoms with Crippen LogP contribution in [0.1, 0.15) is 110 Å². The molecule has 38 heavy (non-hydrogen) atoms. The summed E-state index contributed by atoms with van der Waals surface area (Å²) in [5, 5.41) is 48.3. The number of unbranched alkanes of at least 4 members (excludes halogenated alkanes) is 13. The Morgan fingerprint density at radius 3 is 1.89 bits per heavy atom. The average molecular weight is 547 g/mol. The lowest BCUT2D eigenvalue weighted by atomic mass is 9.99. The molecule has 9 heteroatoms. The minimum Gasteiger partial charge on any atom is -0.457 e. The van der Waals surface area contributed by atoms with Gasteiger partial charge < -0.3 is 39.7 Å². The van der Waals surface area contributed by atoms with Crippen LogP contribution in [-0.4, -0.2) is 88.1 Å². The van der Waals surface area contributed by atoms with E-state index in [-0.39, 0.29) is 13.0 Å². The quantitative estimate of drug-likeness (QED) is 0.0738. The zero-order valence-electron chi connectivity index (χ0n) is 23.4. The molecular weight excluding hydrogens is 492 g/mol. The summed E-state index contributed by atoms with van der Waals surface area (Å²) < 4.78 is 15.8. The first-order valence-electron chi connectivity index (χ1n) is 14.8. The van der Waals surface area contributed by atoms with Crippen molar-refractivity contribution in [2.24, 2.45) is 0 Å². The highest BCUT2D eigenvalue weighted by molar-refractivity contribution is 5.69. The van der Waals surface area contributed by atoms with Gasteiger partial charge in [-0.15, -0.1) is 0 Å². The molecular formula is C29H54O9. The van der Waals surface area contributed by atoms with Crippen LogP contribution in [0.15, 0.2) is 12.2 Å². The molecule has 6 atom stereocenters. The molecule has 9 nitrogen and oxygen atoms in total. The first-order valence-corrected chi connectivity index (χ1v) is 14.8. The predicted octanol–water partition coefficient (Wildman–Crippen LogP) is 3.52. The van der Waals surface area contributed by atoms with Gasteiger partial charge in [-0.3, -0.25) is 4.79 Å². The molecule has 0 aromatic rings. The summed E-state index contributed by atoms with van der Waals surface area (Å²) in [6.45, 7) is 0.939. The Hall–Kier alpha value is -1.07. The number of ether oxygens (including phenoxy) is 3. The van der Waals surface area contributed by atoms with Gasteiger partial charge in [0.05, 0.1) is 19.8 Å². The fourth-order valence-electron chi connectivity index (χ4n) is 4.47. The Morgan fingerprint density at radius 2 is 1.34 bits per heavy atom. The van der Waals surface area contributed by atoms with Crippen LogP contribution < -0.4 is 0 Å². The van der Waals surface area contributed by atoms with Crippen LogP contribution in [0.2, 0.25) is 0 Å². The van der Waals surface area contributed by atoms with Crippen molar-refractivity contribution in [3.8, 4) is 0 Å². The summed E-state index contributed by atoms with van der Waals surface area (Å²) in [6, 6.07) is 0. The van der Waals surface area contributed by atoms with Crippen molar-refractivity contribution in [1.29, 1.82) is 0 Å². The smallest absolute Gasteiger partial charge is 0.306 e. The highest BCUT2D eigenvalue weighted by Gasteiger charge is 2.44. The molecule has 0 aromatic carbocycles. The van der Waals surface area contributed by atoms with Crippen LogP contribution in [-0.2, 0) is 19.0 Å². The standard InChI is InChI=1S/C29H54O9/c1-2-3-4-5-6-7-8-9-10-11-12-13-14-15-16-17-18-19-25(32)37-23(20-30)22-36-29-28(35)27(34)26(33)24(21-31)38-29/h11-12,23-24,26-31,33-35H,2-10,13-22H2,1H3. The summed E-state index contributed by atoms with van der Waals surface area (Å²) >= 11 is 0. The van der Waals surface area contributed by atoms with E-state index in [1.165, 1.54) is 57.8 Å². The third-order valence-electron chi connectivity index (χ3n) is 6.94. The van der Waals surface area contributed by atoms with Gasteiger partial charge in [0.2, 0.25) is 0 Å². The molecule has 1 heterocycles. The van der Waals surface area contributed by atoms with Gasteiger partial charge in [-0.05, 0) is 32.1 Å². The molecule has 0 spiro atoms. The third kappa shape index (κ3) is 15.5. The van der Waals surface area contributed by atoms with Crippen LogP contribution in [0.3, 0.4) is 0 Å². The second-order valence-electron chi connectivity index (χ2n) is 10.4. The molecule has 1 aliphatic heterocycles. The third-order valence-corrected chi connectivity index (χ3v) is 6.94. The van der Waals surface area contributed by atoms with Crippen molar-refractivity contribution >= 4 is 5.97 Å². The molecule has 0 radical (unpaired) electrons. The molecule has 5 N–H and O–H groups in total. The Labute approximate surface area is 229 Å². The molecule has 1 aliphatic rings. The van der Waals surface area contributed by atoms with Crippen molar-refractivity contribution in [2.45, 2.75) is 146 Å². The maximum atomic E-state index is 12.1. The Kier molecular flexibility index (Phi) is 20.9. The number of rotatable bonds is 23. The molecule has 0 saturated carbocycles. The lowest BCUT2D eigenvalue weighted by molar-refractivity contribution is -0.305. The topological polar surface area (TPSA) is 146 Å². The van der Waals surface area contributed by atoms with Gasteiger partial charge in [-0.25, -0.2) is 0 Å². The number of aliphatic hydroxyl groups excluding tert-OH is 5. The molecule has 0 aromatic heterocycles. The van der Waals surface area contributed by atoms with Gasteiger partial charge >= 0.3 is 5.97 Å². The van der Waals surface area contributed by atoms with E-state index in [1.807, 2.05) is 0 Å². The minimum absolute atomic E-state index is 0.245. The maximum absolute atomic E-state index is 12.1. The van der Waals surface area contributed by atoms with E-state index < -0.39 is 56.0 Å². The molecule has 0 aliphatic carbocycles. The number of aliphatic hydroxyl groups is 5. The van der Waals surface area contributed by atoms with Crippen molar-refractivity contribution in [3.05, 3.63) is 12.2 Å². The first-order chi connectivity index (χ1) is 18.4. The minimum atomic E-state index is -1.56. The lowest BCUT2D eigenvalue weighted by Gasteiger charge is -2.39. The number of esters is 1. The van der Waals surface area contributed by atoms with Crippen molar-refractivity contribution in [1.82, 2.24) is 0 Å². The maximum Gasteiger partial charge on any atom is 0.306 e. The van der Waals surface area contributed by atoms with E-state index in [0.717, 1.165) is 32.1 Å². The zero-order valence-corrected chi connectivity index (χ0v) is 23.4. The van der Waals surface area contributed by atoms with E-state index >= 15 is 0 Å². The highest BCUT2D eigenvalue weighted by Crippen LogP contribution is 2.22. The van der Waals surface area contributed by atoms with E-state index in [2.05, 4.69) is 19.1 Å². The van der Waals surface area contributed by atoms with Crippen molar-refractivity contribution in [3.63, 3.8) is 0 Å². The predicted molar refractivity (Wildman–Crippen MR) is 145 cm³/mol. The SMILES string of the molecule is CCCCCCCCCCC=CCCCCCCCC(=O)OC(CO)COC1OC(CO)C(O)C(O)C1O. The van der Waals surface area contributed by atoms with E-state index in [0.29, 0.717) is 6.42 Å². The van der Waals surface area contributed by atoms with Crippen LogP contribution in [0.4, 0.5) is 0 Å². The summed E-state index contributed by atoms with van der Waals surface area (Å²) in [5.41, 5.74) is 0. The first kappa shape index (κ1) is 35.0. The molecule has 1 rings (SSSR count). The molecule has 1 saturated heterocycles. The van der Waals surface area contributed by atoms with Gasteiger partial charge in [0.1, 0.15) is 30.5 Å². The normalized spacial score (nSPS) is 24.6. The molecule has 0 bridgehead atoms. The van der Waals surface area contributed by atoms with Gasteiger partial charge in [0.25, 0.3) is 0 Å². The van der Waals surface area contributed by atoms with E-state index in [4.69, 9.17) is 14.2 Å². The monoisotopic (exact) mass is 546 g/mol. The highest BCUT2D eigenvalue weighted by atomic mass is 16.7. The van der Waals surface area contributed by atoms with Crippen molar-refractivity contribution in [2.75, 3.05) is 19.8 Å². The van der Waals surface area contributed by atoms with Gasteiger partial charge in [-0.1, -0.05) is 83.3 Å². The largest absolute Gasteiger partial charge is 0.457 e. The Morgan fingerprint density at radius 1 is 0.789 bits per heavy atom. The van der Waals surface area contributed by atoms with Gasteiger partial charge in [0.15, 0.2) is 6.29 Å². The van der Waals surface area contributed by atoms with Gasteiger partial charge in [-0.2, -0.15) is 0 Å². The average Bonchev–Trinajstić information content (AvgIpc) is 2.92. The summed E-state index contributed by atoms with van der Waals surface area (Å²) in [4.78, 5) is 12.1. The number of carbonyl (C=O) groups excluding carboxylic acids is 1. The number of hydrogen-bond donors (Lipinski definition) is 5. The summed E-state index contributed by atoms with van der Waals surface area (Å²) in [6.07, 6.45) is 15.0. The fraction of sp³-hybridized carbons (Fsp3) is 0.897. The molecule has 0 amide bonds.